The standard InChI is InChI=1S/C13H17N3S/c1-9(2)14-12(17)13-15(3)10-7-5-6-8-11(10)16(13)4/h5-9H,1-4H3. The lowest BCUT2D eigenvalue weighted by Crippen LogP contribution is -2.35. The van der Waals surface area contributed by atoms with Gasteiger partial charge in [-0.15, -0.1) is 0 Å². The van der Waals surface area contributed by atoms with Crippen LogP contribution in [0.15, 0.2) is 29.3 Å². The summed E-state index contributed by atoms with van der Waals surface area (Å²) in [4.78, 5) is 4.45. The summed E-state index contributed by atoms with van der Waals surface area (Å²) in [5.74, 6) is 0.981. The van der Waals surface area contributed by atoms with Gasteiger partial charge in [0.05, 0.1) is 14.1 Å². The van der Waals surface area contributed by atoms with Crippen LogP contribution in [0, 0.1) is 0 Å². The first-order valence-electron chi connectivity index (χ1n) is 5.71. The third-order valence-corrected chi connectivity index (χ3v) is 3.09. The molecule has 0 bridgehead atoms. The molecule has 0 atom stereocenters. The summed E-state index contributed by atoms with van der Waals surface area (Å²) in [6, 6.07) is 8.48. The Hall–Kier alpha value is -1.42. The normalized spacial score (nSPS) is 12.6. The molecule has 0 fully saturated rings. The van der Waals surface area contributed by atoms with Crippen LogP contribution in [-0.4, -0.2) is 15.7 Å². The number of fused-ring (bicyclic) bond motifs is 1. The Morgan fingerprint density at radius 2 is 2.00 bits per heavy atom. The van der Waals surface area contributed by atoms with E-state index < -0.39 is 0 Å². The van der Waals surface area contributed by atoms with E-state index in [0.717, 1.165) is 5.82 Å². The maximum atomic E-state index is 5.40. The van der Waals surface area contributed by atoms with E-state index in [1.807, 2.05) is 40.1 Å². The number of benzene rings is 1. The van der Waals surface area contributed by atoms with Crippen LogP contribution in [0.2, 0.25) is 0 Å². The number of para-hydroxylation sites is 2. The summed E-state index contributed by atoms with van der Waals surface area (Å²) in [5.41, 5.74) is 2.35. The van der Waals surface area contributed by atoms with Crippen LogP contribution in [0.5, 0.6) is 0 Å². The zero-order valence-corrected chi connectivity index (χ0v) is 11.5. The highest BCUT2D eigenvalue weighted by Crippen LogP contribution is 2.12. The lowest BCUT2D eigenvalue weighted by molar-refractivity contribution is -0.646. The second kappa shape index (κ2) is 4.45. The van der Waals surface area contributed by atoms with Gasteiger partial charge >= 0.3 is 0 Å². The van der Waals surface area contributed by atoms with Crippen molar-refractivity contribution in [2.45, 2.75) is 19.9 Å². The zero-order chi connectivity index (χ0) is 12.6. The quantitative estimate of drug-likeness (QED) is 0.342. The molecular formula is C13H17N3S. The molecule has 0 saturated carbocycles. The average molecular weight is 247 g/mol. The Kier molecular flexibility index (Phi) is 3.15. The van der Waals surface area contributed by atoms with Gasteiger partial charge in [-0.3, -0.25) is 0 Å². The molecule has 17 heavy (non-hydrogen) atoms. The Bertz CT molecular complexity index is 543. The Labute approximate surface area is 107 Å². The molecule has 3 nitrogen and oxygen atoms in total. The van der Waals surface area contributed by atoms with Crippen LogP contribution in [0.1, 0.15) is 19.7 Å². The number of aromatic nitrogens is 2. The molecule has 0 radical (unpaired) electrons. The molecule has 0 aliphatic carbocycles. The van der Waals surface area contributed by atoms with E-state index in [1.165, 1.54) is 11.0 Å². The van der Waals surface area contributed by atoms with Crippen LogP contribution in [0.4, 0.5) is 0 Å². The summed E-state index contributed by atoms with van der Waals surface area (Å²) < 4.78 is 4.20. The summed E-state index contributed by atoms with van der Waals surface area (Å²) in [7, 11) is 4.06. The fraction of sp³-hybridized carbons (Fsp3) is 0.385. The van der Waals surface area contributed by atoms with Crippen LogP contribution < -0.4 is 4.57 Å². The maximum Gasteiger partial charge on any atom is 0.280 e. The molecule has 2 aromatic rings. The smallest absolute Gasteiger partial charge is 0.280 e. The molecule has 1 aromatic carbocycles. The maximum absolute atomic E-state index is 5.40. The van der Waals surface area contributed by atoms with E-state index in [0.29, 0.717) is 5.04 Å². The van der Waals surface area contributed by atoms with E-state index in [1.54, 1.807) is 0 Å². The second-order valence-electron chi connectivity index (χ2n) is 4.46. The van der Waals surface area contributed by atoms with Crippen molar-refractivity contribution in [2.24, 2.45) is 19.1 Å². The van der Waals surface area contributed by atoms with Crippen molar-refractivity contribution in [2.75, 3.05) is 0 Å². The number of imidazole rings is 1. The van der Waals surface area contributed by atoms with Crippen molar-refractivity contribution < 1.29 is 4.57 Å². The third kappa shape index (κ3) is 2.05. The van der Waals surface area contributed by atoms with Crippen molar-refractivity contribution in [3.8, 4) is 0 Å². The number of aliphatic imine (C=N–C) groups is 1. The lowest BCUT2D eigenvalue weighted by Gasteiger charge is -2.09. The molecule has 0 aliphatic rings. The van der Waals surface area contributed by atoms with Gasteiger partial charge in [-0.25, -0.2) is 9.13 Å². The van der Waals surface area contributed by atoms with Gasteiger partial charge in [0.2, 0.25) is 0 Å². The Morgan fingerprint density at radius 1 is 1.35 bits per heavy atom. The summed E-state index contributed by atoms with van der Waals surface area (Å²) in [5, 5.41) is 0.668. The molecule has 0 amide bonds. The fourth-order valence-corrected chi connectivity index (χ4v) is 2.55. The molecule has 0 aliphatic heterocycles. The van der Waals surface area contributed by atoms with Crippen LogP contribution in [-0.2, 0) is 26.7 Å². The molecule has 2 rings (SSSR count). The van der Waals surface area contributed by atoms with Gasteiger partial charge in [0.15, 0.2) is 11.0 Å². The van der Waals surface area contributed by atoms with Crippen molar-refractivity contribution in [1.82, 2.24) is 4.57 Å². The second-order valence-corrected chi connectivity index (χ2v) is 4.85. The van der Waals surface area contributed by atoms with Gasteiger partial charge in [-0.05, 0) is 26.0 Å². The highest BCUT2D eigenvalue weighted by atomic mass is 32.1. The summed E-state index contributed by atoms with van der Waals surface area (Å²) in [6.07, 6.45) is 0. The first-order chi connectivity index (χ1) is 8.02. The average Bonchev–Trinajstić information content (AvgIpc) is 2.51. The van der Waals surface area contributed by atoms with Gasteiger partial charge in [-0.1, -0.05) is 12.1 Å². The lowest BCUT2D eigenvalue weighted by atomic mass is 10.3. The van der Waals surface area contributed by atoms with E-state index in [2.05, 4.69) is 26.3 Å². The predicted octanol–water partition coefficient (Wildman–Crippen LogP) is 1.70. The number of hydrogen-bond donors (Lipinski definition) is 0. The van der Waals surface area contributed by atoms with E-state index in [4.69, 9.17) is 12.6 Å². The van der Waals surface area contributed by atoms with Gasteiger partial charge in [-0.2, -0.15) is 0 Å². The highest BCUT2D eigenvalue weighted by molar-refractivity contribution is 7.78. The minimum atomic E-state index is 0.223. The summed E-state index contributed by atoms with van der Waals surface area (Å²) >= 11 is 5.40. The fourth-order valence-electron chi connectivity index (χ4n) is 2.06. The predicted molar refractivity (Wildman–Crippen MR) is 73.1 cm³/mol. The largest absolute Gasteiger partial charge is 0.753 e. The monoisotopic (exact) mass is 247 g/mol. The molecule has 1 aromatic heterocycles. The molecule has 90 valence electrons. The number of rotatable bonds is 2. The molecule has 0 spiro atoms. The molecule has 4 heteroatoms. The Morgan fingerprint density at radius 3 is 2.59 bits per heavy atom. The molecule has 0 unspecified atom stereocenters. The van der Waals surface area contributed by atoms with Crippen molar-refractivity contribution in [1.29, 1.82) is 0 Å². The van der Waals surface area contributed by atoms with Gasteiger partial charge in [0, 0.05) is 11.1 Å². The minimum absolute atomic E-state index is 0.223. The van der Waals surface area contributed by atoms with E-state index in [-0.39, 0.29) is 6.04 Å². The number of aryl methyl sites for hydroxylation is 2. The topological polar surface area (TPSA) is 21.2 Å². The van der Waals surface area contributed by atoms with Crippen molar-refractivity contribution >= 4 is 28.7 Å². The highest BCUT2D eigenvalue weighted by Gasteiger charge is 2.18. The van der Waals surface area contributed by atoms with Crippen LogP contribution in [0.25, 0.3) is 11.0 Å². The molecule has 0 N–H and O–H groups in total. The molecule has 0 saturated heterocycles. The van der Waals surface area contributed by atoms with Crippen molar-refractivity contribution in [3.63, 3.8) is 0 Å². The Balaban J connectivity index is 2.70. The van der Waals surface area contributed by atoms with Gasteiger partial charge in [0.25, 0.3) is 5.82 Å². The van der Waals surface area contributed by atoms with Gasteiger partial charge < -0.3 is 17.6 Å². The number of nitrogens with zero attached hydrogens (tertiary/aromatic N) is 3. The summed E-state index contributed by atoms with van der Waals surface area (Å²) in [6.45, 7) is 4.07. The first kappa shape index (κ1) is 12.0. The van der Waals surface area contributed by atoms with Crippen LogP contribution in [0.3, 0.4) is 0 Å². The molecule has 1 heterocycles. The number of hydrogen-bond acceptors (Lipinski definition) is 2. The van der Waals surface area contributed by atoms with Crippen molar-refractivity contribution in [3.05, 3.63) is 30.1 Å². The van der Waals surface area contributed by atoms with Crippen LogP contribution >= 0.6 is 0 Å². The zero-order valence-electron chi connectivity index (χ0n) is 10.6. The molecular weight excluding hydrogens is 230 g/mol. The van der Waals surface area contributed by atoms with E-state index >= 15 is 0 Å². The first-order valence-corrected chi connectivity index (χ1v) is 6.12. The SMILES string of the molecule is CC(C)N=C([S-])c1n(C)c2ccccc2[n+]1C. The minimum Gasteiger partial charge on any atom is -0.753 e. The van der Waals surface area contributed by atoms with E-state index in [9.17, 15) is 0 Å². The third-order valence-electron chi connectivity index (χ3n) is 2.81. The van der Waals surface area contributed by atoms with Gasteiger partial charge in [0.1, 0.15) is 0 Å².